The number of hydrogen-bond donors (Lipinski definition) is 1. The quantitative estimate of drug-likeness (QED) is 0.400. The predicted octanol–water partition coefficient (Wildman–Crippen LogP) is 4.55. The monoisotopic (exact) mass is 690 g/mol. The molecule has 0 fully saturated rings. The molecule has 44 heavy (non-hydrogen) atoms. The summed E-state index contributed by atoms with van der Waals surface area (Å²) in [6.45, 7) is 4.76. The summed E-state index contributed by atoms with van der Waals surface area (Å²) >= 11 is -2.63. The number of nitrogens with one attached hydrogen (secondary N) is 1. The summed E-state index contributed by atoms with van der Waals surface area (Å²) in [6.07, 6.45) is 23.6. The van der Waals surface area contributed by atoms with Gasteiger partial charge in [0.05, 0.1) is 0 Å². The van der Waals surface area contributed by atoms with E-state index in [0.29, 0.717) is 7.25 Å². The standard InChI is InChI=1S/2C17H15.C6H6N.2ClH.Zr/c2*1-13-11-15-9-5-6-10-16(17(15)12-13)14-7-3-2-4-8-14;7-6-4-2-1-3-5-6;;;/h2*2-12,16H,1H3;1-5,7H;2*1H;/q;;-1;;;+3/p-2. The summed E-state index contributed by atoms with van der Waals surface area (Å²) < 4.78 is 5.15. The van der Waals surface area contributed by atoms with E-state index >= 15 is 0 Å². The number of hydrogen-bond acceptors (Lipinski definition) is 1. The SMILES string of the molecule is CC1=CC2=C(C=CC=CC2c2ccccc2)[CH]1[Zr+2]([NH]c1ccccc1)[CH]1C(C)=CC2=C1C=CC=CC2c1ccccc1.[Cl-].[Cl-]. The first-order valence-electron chi connectivity index (χ1n) is 15.0. The molecular formula is C40H36Cl2NZr. The first-order chi connectivity index (χ1) is 20.7. The van der Waals surface area contributed by atoms with Crippen molar-refractivity contribution < 1.29 is 46.9 Å². The first-order valence-corrected chi connectivity index (χ1v) is 19.1. The molecule has 1 N–H and O–H groups in total. The Kier molecular flexibility index (Phi) is 10.5. The minimum absolute atomic E-state index is 0. The minimum atomic E-state index is -2.63. The van der Waals surface area contributed by atoms with E-state index in [0.717, 1.165) is 0 Å². The van der Waals surface area contributed by atoms with E-state index in [1.807, 2.05) is 0 Å². The second-order valence-electron chi connectivity index (χ2n) is 11.7. The number of benzene rings is 3. The molecule has 0 radical (unpaired) electrons. The zero-order chi connectivity index (χ0) is 28.5. The summed E-state index contributed by atoms with van der Waals surface area (Å²) in [4.78, 5) is 0. The number of halogens is 2. The average Bonchev–Trinajstić information content (AvgIpc) is 3.32. The first kappa shape index (κ1) is 32.2. The average molecular weight is 693 g/mol. The van der Waals surface area contributed by atoms with Crippen molar-refractivity contribution in [1.29, 1.82) is 0 Å². The molecule has 0 amide bonds. The molecule has 0 aromatic heterocycles. The van der Waals surface area contributed by atoms with Crippen molar-refractivity contribution in [3.63, 3.8) is 0 Å². The van der Waals surface area contributed by atoms with Gasteiger partial charge in [-0.15, -0.1) is 0 Å². The van der Waals surface area contributed by atoms with Crippen LogP contribution in [0, 0.1) is 0 Å². The Labute approximate surface area is 283 Å². The number of allylic oxidation sites excluding steroid dienone is 16. The third-order valence-corrected chi connectivity index (χ3v) is 17.3. The van der Waals surface area contributed by atoms with Gasteiger partial charge >= 0.3 is 260 Å². The largest absolute Gasteiger partial charge is 1.00 e. The molecule has 4 heteroatoms. The molecule has 3 aromatic rings. The van der Waals surface area contributed by atoms with Gasteiger partial charge in [0, 0.05) is 0 Å². The van der Waals surface area contributed by atoms with E-state index in [1.165, 1.54) is 50.3 Å². The predicted molar refractivity (Wildman–Crippen MR) is 174 cm³/mol. The second-order valence-corrected chi connectivity index (χ2v) is 17.4. The van der Waals surface area contributed by atoms with Crippen molar-refractivity contribution in [2.24, 2.45) is 0 Å². The van der Waals surface area contributed by atoms with Crippen LogP contribution in [0.4, 0.5) is 5.69 Å². The van der Waals surface area contributed by atoms with E-state index < -0.39 is 22.0 Å². The van der Waals surface area contributed by atoms with Crippen molar-refractivity contribution in [2.45, 2.75) is 32.9 Å². The summed E-state index contributed by atoms with van der Waals surface area (Å²) in [5.74, 6) is 0.550. The minimum Gasteiger partial charge on any atom is -1.00 e. The fourth-order valence-electron chi connectivity index (χ4n) is 7.17. The zero-order valence-electron chi connectivity index (χ0n) is 25.0. The summed E-state index contributed by atoms with van der Waals surface area (Å²) in [5, 5.41) is 0. The van der Waals surface area contributed by atoms with Crippen molar-refractivity contribution >= 4 is 5.69 Å². The van der Waals surface area contributed by atoms with Crippen LogP contribution < -0.4 is 28.1 Å². The second kappa shape index (κ2) is 14.3. The van der Waals surface area contributed by atoms with Gasteiger partial charge in [-0.3, -0.25) is 0 Å². The topological polar surface area (TPSA) is 12.0 Å². The van der Waals surface area contributed by atoms with Gasteiger partial charge in [0.15, 0.2) is 0 Å². The van der Waals surface area contributed by atoms with Crippen molar-refractivity contribution in [1.82, 2.24) is 0 Å². The third kappa shape index (κ3) is 6.18. The molecule has 0 heterocycles. The van der Waals surface area contributed by atoms with Crippen LogP contribution in [0.15, 0.2) is 185 Å². The van der Waals surface area contributed by atoms with Crippen molar-refractivity contribution in [3.8, 4) is 0 Å². The van der Waals surface area contributed by atoms with Gasteiger partial charge in [0.2, 0.25) is 0 Å². The molecule has 4 aliphatic rings. The summed E-state index contributed by atoms with van der Waals surface area (Å²) in [7, 11) is 0. The maximum Gasteiger partial charge on any atom is -1.00 e. The molecule has 4 aliphatic carbocycles. The Balaban J connectivity index is 0.00000192. The molecular weight excluding hydrogens is 657 g/mol. The Morgan fingerprint density at radius 3 is 1.34 bits per heavy atom. The van der Waals surface area contributed by atoms with Gasteiger partial charge in [-0.05, 0) is 0 Å². The van der Waals surface area contributed by atoms with Crippen LogP contribution in [-0.2, 0) is 22.0 Å². The Bertz CT molecular complexity index is 1620. The normalized spacial score (nSPS) is 23.0. The van der Waals surface area contributed by atoms with Gasteiger partial charge in [-0.2, -0.15) is 0 Å². The zero-order valence-corrected chi connectivity index (χ0v) is 29.0. The number of anilines is 1. The fourth-order valence-corrected chi connectivity index (χ4v) is 15.7. The van der Waals surface area contributed by atoms with E-state index in [2.05, 4.69) is 169 Å². The van der Waals surface area contributed by atoms with Crippen LogP contribution in [0.3, 0.4) is 0 Å². The molecule has 7 rings (SSSR count). The molecule has 1 nitrogen and oxygen atoms in total. The molecule has 3 aromatic carbocycles. The Morgan fingerprint density at radius 2 is 0.909 bits per heavy atom. The van der Waals surface area contributed by atoms with Crippen LogP contribution in [0.2, 0.25) is 7.25 Å². The van der Waals surface area contributed by atoms with Gasteiger partial charge < -0.3 is 24.8 Å². The van der Waals surface area contributed by atoms with Crippen molar-refractivity contribution in [3.05, 3.63) is 196 Å². The van der Waals surface area contributed by atoms with E-state index in [9.17, 15) is 0 Å². The molecule has 0 saturated heterocycles. The maximum atomic E-state index is 4.28. The van der Waals surface area contributed by atoms with Gasteiger partial charge in [-0.1, -0.05) is 0 Å². The summed E-state index contributed by atoms with van der Waals surface area (Å²) in [5.41, 5.74) is 13.0. The molecule has 0 aliphatic heterocycles. The van der Waals surface area contributed by atoms with Crippen molar-refractivity contribution in [2.75, 3.05) is 3.26 Å². The van der Waals surface area contributed by atoms with Crippen LogP contribution >= 0.6 is 0 Å². The Morgan fingerprint density at radius 1 is 0.500 bits per heavy atom. The molecule has 0 saturated carbocycles. The number of rotatable bonds is 6. The van der Waals surface area contributed by atoms with Crippen LogP contribution in [0.25, 0.3) is 0 Å². The van der Waals surface area contributed by atoms with Crippen LogP contribution in [0.1, 0.15) is 36.8 Å². The summed E-state index contributed by atoms with van der Waals surface area (Å²) in [6, 6.07) is 32.9. The van der Waals surface area contributed by atoms with Crippen LogP contribution in [-0.4, -0.2) is 0 Å². The van der Waals surface area contributed by atoms with E-state index in [4.69, 9.17) is 0 Å². The van der Waals surface area contributed by atoms with E-state index in [-0.39, 0.29) is 36.6 Å². The molecule has 4 unspecified atom stereocenters. The fraction of sp³-hybridized carbons (Fsp3) is 0.150. The molecule has 0 spiro atoms. The van der Waals surface area contributed by atoms with Gasteiger partial charge in [0.1, 0.15) is 0 Å². The van der Waals surface area contributed by atoms with Gasteiger partial charge in [0.25, 0.3) is 0 Å². The third-order valence-electron chi connectivity index (χ3n) is 9.02. The molecule has 4 atom stereocenters. The number of para-hydroxylation sites is 1. The van der Waals surface area contributed by atoms with Crippen LogP contribution in [0.5, 0.6) is 0 Å². The van der Waals surface area contributed by atoms with Gasteiger partial charge in [-0.25, -0.2) is 0 Å². The molecule has 219 valence electrons. The van der Waals surface area contributed by atoms with E-state index in [1.54, 1.807) is 0 Å². The maximum absolute atomic E-state index is 4.28. The smallest absolute Gasteiger partial charge is 1.00 e. The Hall–Kier alpha value is -3.16. The molecule has 0 bridgehead atoms.